The van der Waals surface area contributed by atoms with Crippen molar-refractivity contribution >= 4 is 15.9 Å². The van der Waals surface area contributed by atoms with E-state index in [4.69, 9.17) is 4.74 Å². The molecule has 0 spiro atoms. The van der Waals surface area contributed by atoms with Gasteiger partial charge in [-0.2, -0.15) is 5.10 Å². The SMILES string of the molecule is CCCn1ncc(OC)c1C(O)c1ccc(Br)c(C)c1. The van der Waals surface area contributed by atoms with Crippen LogP contribution in [0, 0.1) is 6.92 Å². The second kappa shape index (κ2) is 6.41. The van der Waals surface area contributed by atoms with Gasteiger partial charge < -0.3 is 9.84 Å². The molecule has 0 fully saturated rings. The van der Waals surface area contributed by atoms with Gasteiger partial charge >= 0.3 is 0 Å². The maximum atomic E-state index is 10.7. The maximum Gasteiger partial charge on any atom is 0.163 e. The fourth-order valence-corrected chi connectivity index (χ4v) is 2.44. The van der Waals surface area contributed by atoms with Gasteiger partial charge in [0.1, 0.15) is 11.8 Å². The molecule has 1 atom stereocenters. The largest absolute Gasteiger partial charge is 0.493 e. The molecule has 1 unspecified atom stereocenters. The van der Waals surface area contributed by atoms with E-state index in [2.05, 4.69) is 28.0 Å². The van der Waals surface area contributed by atoms with Gasteiger partial charge in [0.2, 0.25) is 0 Å². The van der Waals surface area contributed by atoms with Gasteiger partial charge in [0.05, 0.1) is 13.3 Å². The highest BCUT2D eigenvalue weighted by Crippen LogP contribution is 2.31. The lowest BCUT2D eigenvalue weighted by atomic mass is 10.0. The molecule has 1 aromatic heterocycles. The van der Waals surface area contributed by atoms with E-state index in [1.165, 1.54) is 0 Å². The molecule has 0 amide bonds. The van der Waals surface area contributed by atoms with Crippen molar-refractivity contribution in [3.8, 4) is 5.75 Å². The Morgan fingerprint density at radius 2 is 2.20 bits per heavy atom. The molecule has 0 aliphatic rings. The highest BCUT2D eigenvalue weighted by atomic mass is 79.9. The molecule has 1 N–H and O–H groups in total. The van der Waals surface area contributed by atoms with E-state index in [1.54, 1.807) is 18.0 Å². The topological polar surface area (TPSA) is 47.3 Å². The molecule has 2 aromatic rings. The second-order valence-electron chi connectivity index (χ2n) is 4.73. The number of hydrogen-bond donors (Lipinski definition) is 1. The molecule has 0 radical (unpaired) electrons. The molecule has 20 heavy (non-hydrogen) atoms. The van der Waals surface area contributed by atoms with Crippen molar-refractivity contribution in [2.24, 2.45) is 0 Å². The molecular formula is C15H19BrN2O2. The number of ether oxygens (including phenoxy) is 1. The fraction of sp³-hybridized carbons (Fsp3) is 0.400. The molecule has 2 rings (SSSR count). The molecule has 1 aromatic carbocycles. The molecule has 0 aliphatic carbocycles. The Hall–Kier alpha value is -1.33. The van der Waals surface area contributed by atoms with Crippen LogP contribution in [0.2, 0.25) is 0 Å². The van der Waals surface area contributed by atoms with Crippen molar-refractivity contribution in [1.82, 2.24) is 9.78 Å². The lowest BCUT2D eigenvalue weighted by Crippen LogP contribution is -2.11. The maximum absolute atomic E-state index is 10.7. The van der Waals surface area contributed by atoms with Crippen LogP contribution in [0.5, 0.6) is 5.75 Å². The molecule has 4 nitrogen and oxygen atoms in total. The first-order valence-electron chi connectivity index (χ1n) is 6.62. The average Bonchev–Trinajstić information content (AvgIpc) is 2.84. The Bertz CT molecular complexity index is 596. The summed E-state index contributed by atoms with van der Waals surface area (Å²) in [7, 11) is 1.59. The van der Waals surface area contributed by atoms with Crippen molar-refractivity contribution in [2.75, 3.05) is 7.11 Å². The zero-order valence-electron chi connectivity index (χ0n) is 11.9. The van der Waals surface area contributed by atoms with E-state index < -0.39 is 6.10 Å². The number of methoxy groups -OCH3 is 1. The van der Waals surface area contributed by atoms with Crippen LogP contribution >= 0.6 is 15.9 Å². The van der Waals surface area contributed by atoms with Crippen molar-refractivity contribution in [3.05, 3.63) is 45.7 Å². The monoisotopic (exact) mass is 338 g/mol. The van der Waals surface area contributed by atoms with Gasteiger partial charge in [-0.25, -0.2) is 0 Å². The smallest absolute Gasteiger partial charge is 0.163 e. The summed E-state index contributed by atoms with van der Waals surface area (Å²) in [6.45, 7) is 4.83. The minimum Gasteiger partial charge on any atom is -0.493 e. The quantitative estimate of drug-likeness (QED) is 0.908. The van der Waals surface area contributed by atoms with Crippen molar-refractivity contribution in [1.29, 1.82) is 0 Å². The van der Waals surface area contributed by atoms with E-state index in [0.717, 1.165) is 28.6 Å². The van der Waals surface area contributed by atoms with E-state index in [1.807, 2.05) is 25.1 Å². The molecule has 0 bridgehead atoms. The summed E-state index contributed by atoms with van der Waals surface area (Å²) in [5.74, 6) is 0.617. The van der Waals surface area contributed by atoms with Gasteiger partial charge in [0.15, 0.2) is 5.75 Å². The Kier molecular flexibility index (Phi) is 4.83. The van der Waals surface area contributed by atoms with Gasteiger partial charge in [0.25, 0.3) is 0 Å². The van der Waals surface area contributed by atoms with Gasteiger partial charge in [-0.3, -0.25) is 4.68 Å². The van der Waals surface area contributed by atoms with Crippen LogP contribution in [0.25, 0.3) is 0 Å². The van der Waals surface area contributed by atoms with Crippen molar-refractivity contribution in [3.63, 3.8) is 0 Å². The summed E-state index contributed by atoms with van der Waals surface area (Å²) in [6, 6.07) is 5.82. The predicted octanol–water partition coefficient (Wildman–Crippen LogP) is 3.45. The van der Waals surface area contributed by atoms with Gasteiger partial charge in [-0.05, 0) is 30.5 Å². The normalized spacial score (nSPS) is 12.4. The number of rotatable bonds is 5. The van der Waals surface area contributed by atoms with Gasteiger partial charge in [-0.1, -0.05) is 35.0 Å². The lowest BCUT2D eigenvalue weighted by molar-refractivity contribution is 0.202. The lowest BCUT2D eigenvalue weighted by Gasteiger charge is -2.16. The Morgan fingerprint density at radius 3 is 2.80 bits per heavy atom. The van der Waals surface area contributed by atoms with Gasteiger partial charge in [-0.15, -0.1) is 0 Å². The molecule has 1 heterocycles. The number of aryl methyl sites for hydroxylation is 2. The van der Waals surface area contributed by atoms with Crippen LogP contribution < -0.4 is 4.74 Å². The van der Waals surface area contributed by atoms with Crippen LogP contribution in [0.4, 0.5) is 0 Å². The summed E-state index contributed by atoms with van der Waals surface area (Å²) in [6.07, 6.45) is 1.86. The van der Waals surface area contributed by atoms with E-state index >= 15 is 0 Å². The zero-order chi connectivity index (χ0) is 14.7. The minimum atomic E-state index is -0.745. The fourth-order valence-electron chi connectivity index (χ4n) is 2.20. The minimum absolute atomic E-state index is 0.617. The van der Waals surface area contributed by atoms with Crippen LogP contribution in [0.3, 0.4) is 0 Å². The van der Waals surface area contributed by atoms with Crippen LogP contribution in [-0.4, -0.2) is 22.0 Å². The van der Waals surface area contributed by atoms with Crippen LogP contribution in [0.1, 0.15) is 36.3 Å². The predicted molar refractivity (Wildman–Crippen MR) is 82.0 cm³/mol. The zero-order valence-corrected chi connectivity index (χ0v) is 13.5. The van der Waals surface area contributed by atoms with E-state index in [0.29, 0.717) is 11.4 Å². The summed E-state index contributed by atoms with van der Waals surface area (Å²) < 4.78 is 8.15. The van der Waals surface area contributed by atoms with E-state index in [9.17, 15) is 5.11 Å². The molecule has 0 aliphatic heterocycles. The summed E-state index contributed by atoms with van der Waals surface area (Å²) in [4.78, 5) is 0. The van der Waals surface area contributed by atoms with Crippen LogP contribution in [0.15, 0.2) is 28.9 Å². The third kappa shape index (κ3) is 2.88. The van der Waals surface area contributed by atoms with Crippen molar-refractivity contribution < 1.29 is 9.84 Å². The number of aliphatic hydroxyl groups is 1. The Labute approximate surface area is 127 Å². The number of aliphatic hydroxyl groups excluding tert-OH is 1. The third-order valence-corrected chi connectivity index (χ3v) is 4.15. The van der Waals surface area contributed by atoms with Crippen LogP contribution in [-0.2, 0) is 6.54 Å². The molecule has 108 valence electrons. The number of nitrogens with zero attached hydrogens (tertiary/aromatic N) is 2. The van der Waals surface area contributed by atoms with Gasteiger partial charge in [0, 0.05) is 11.0 Å². The summed E-state index contributed by atoms with van der Waals surface area (Å²) in [5.41, 5.74) is 2.62. The number of hydrogen-bond acceptors (Lipinski definition) is 3. The molecule has 0 saturated carbocycles. The number of benzene rings is 1. The first-order chi connectivity index (χ1) is 9.58. The van der Waals surface area contributed by atoms with E-state index in [-0.39, 0.29) is 0 Å². The molecule has 5 heteroatoms. The Balaban J connectivity index is 2.43. The highest BCUT2D eigenvalue weighted by molar-refractivity contribution is 9.10. The Morgan fingerprint density at radius 1 is 1.45 bits per heavy atom. The third-order valence-electron chi connectivity index (χ3n) is 3.26. The molecular weight excluding hydrogens is 320 g/mol. The highest BCUT2D eigenvalue weighted by Gasteiger charge is 2.21. The summed E-state index contributed by atoms with van der Waals surface area (Å²) >= 11 is 3.47. The first kappa shape index (κ1) is 15.1. The van der Waals surface area contributed by atoms with Crippen molar-refractivity contribution in [2.45, 2.75) is 32.9 Å². The standard InChI is InChI=1S/C15H19BrN2O2/c1-4-7-18-14(13(20-3)9-17-18)15(19)11-5-6-12(16)10(2)8-11/h5-6,8-9,15,19H,4,7H2,1-3H3. The number of aromatic nitrogens is 2. The average molecular weight is 339 g/mol. The second-order valence-corrected chi connectivity index (χ2v) is 5.59. The summed E-state index contributed by atoms with van der Waals surface area (Å²) in [5, 5.41) is 14.9. The first-order valence-corrected chi connectivity index (χ1v) is 7.41. The molecule has 0 saturated heterocycles. The number of halogens is 1.